The molecule has 3 N–H and O–H groups in total. The van der Waals surface area contributed by atoms with Gasteiger partial charge in [0.05, 0.1) is 58.0 Å². The molecule has 194 valence electrons. The highest BCUT2D eigenvalue weighted by molar-refractivity contribution is 6.04. The maximum Gasteiger partial charge on any atom is 0.424 e. The molecule has 0 saturated heterocycles. The van der Waals surface area contributed by atoms with E-state index in [9.17, 15) is 23.2 Å². The molecule has 38 heavy (non-hydrogen) atoms. The van der Waals surface area contributed by atoms with E-state index in [2.05, 4.69) is 21.0 Å². The number of H-pyrrole nitrogens is 1. The molecule has 0 aliphatic carbocycles. The number of aryl methyl sites for hydroxylation is 1. The van der Waals surface area contributed by atoms with E-state index in [1.807, 2.05) is 0 Å². The Morgan fingerprint density at radius 3 is 2.42 bits per heavy atom. The number of alkyl halides is 3. The van der Waals surface area contributed by atoms with Gasteiger partial charge in [-0.3, -0.25) is 24.8 Å². The zero-order chi connectivity index (χ0) is 26.7. The summed E-state index contributed by atoms with van der Waals surface area (Å²) in [5.41, 5.74) is 6.82. The Hall–Kier alpha value is -4.43. The van der Waals surface area contributed by atoms with Crippen LogP contribution in [-0.4, -0.2) is 19.1 Å². The van der Waals surface area contributed by atoms with Gasteiger partial charge in [-0.2, -0.15) is 18.4 Å². The minimum Gasteiger partial charge on any atom is -1.00 e. The molecular formula is C26H21ClF3N7O. The second kappa shape index (κ2) is 9.15. The van der Waals surface area contributed by atoms with Gasteiger partial charge in [-0.1, -0.05) is 6.07 Å². The van der Waals surface area contributed by atoms with Crippen molar-refractivity contribution in [2.45, 2.75) is 25.4 Å². The molecule has 4 aromatic heterocycles. The zero-order valence-corrected chi connectivity index (χ0v) is 21.2. The molecule has 0 amide bonds. The van der Waals surface area contributed by atoms with Gasteiger partial charge in [0, 0.05) is 18.0 Å². The molecule has 5 rings (SSSR count). The highest BCUT2D eigenvalue weighted by Crippen LogP contribution is 2.35. The van der Waals surface area contributed by atoms with Gasteiger partial charge >= 0.3 is 11.9 Å². The Labute approximate surface area is 220 Å². The zero-order valence-electron chi connectivity index (χ0n) is 20.4. The van der Waals surface area contributed by atoms with E-state index in [0.29, 0.717) is 38.9 Å². The maximum atomic E-state index is 13.4. The molecule has 0 radical (unpaired) electrons. The van der Waals surface area contributed by atoms with Crippen molar-refractivity contribution in [1.29, 1.82) is 5.26 Å². The first-order valence-corrected chi connectivity index (χ1v) is 11.2. The van der Waals surface area contributed by atoms with Gasteiger partial charge in [-0.05, 0) is 49.7 Å². The van der Waals surface area contributed by atoms with Gasteiger partial charge in [0.15, 0.2) is 0 Å². The van der Waals surface area contributed by atoms with Gasteiger partial charge in [0.2, 0.25) is 0 Å². The Morgan fingerprint density at radius 2 is 1.79 bits per heavy atom. The molecule has 4 heterocycles. The van der Waals surface area contributed by atoms with Crippen molar-refractivity contribution in [2.24, 2.45) is 7.05 Å². The van der Waals surface area contributed by atoms with E-state index >= 15 is 0 Å². The second-order valence-electron chi connectivity index (χ2n) is 9.25. The number of aromatic amines is 1. The third kappa shape index (κ3) is 4.22. The lowest BCUT2D eigenvalue weighted by molar-refractivity contribution is -0.362. The third-order valence-corrected chi connectivity index (χ3v) is 6.42. The van der Waals surface area contributed by atoms with Gasteiger partial charge in [0.25, 0.3) is 5.82 Å². The van der Waals surface area contributed by atoms with Crippen molar-refractivity contribution in [3.8, 4) is 22.9 Å². The summed E-state index contributed by atoms with van der Waals surface area (Å²) in [5.74, 6) is -0.478. The molecule has 0 atom stereocenters. The van der Waals surface area contributed by atoms with Crippen molar-refractivity contribution < 1.29 is 30.6 Å². The number of nitrogens with two attached hydrogens (primary N) is 1. The molecule has 0 aliphatic rings. The summed E-state index contributed by atoms with van der Waals surface area (Å²) in [6.07, 6.45) is -0.122. The molecule has 0 fully saturated rings. The number of hydrogen-bond acceptors (Lipinski definition) is 5. The normalized spacial score (nSPS) is 11.9. The Kier molecular flexibility index (Phi) is 6.41. The number of benzene rings is 1. The summed E-state index contributed by atoms with van der Waals surface area (Å²) in [6, 6.07) is 11.6. The average Bonchev–Trinajstić information content (AvgIpc) is 3.13. The maximum absolute atomic E-state index is 13.4. The summed E-state index contributed by atoms with van der Waals surface area (Å²) in [7, 11) is 1.61. The largest absolute Gasteiger partial charge is 1.00 e. The van der Waals surface area contributed by atoms with Crippen molar-refractivity contribution >= 4 is 27.8 Å². The SMILES string of the molecule is Cn1c(=O)n(-c2ccc(C(C)(C)C#N)nc2)c2c3cc(-c4c[nH+]c(N)c(C(F)(F)F)c4)ccc3ncc21.[Cl-]. The molecule has 1 aromatic carbocycles. The molecule has 0 unspecified atom stereocenters. The second-order valence-corrected chi connectivity index (χ2v) is 9.25. The van der Waals surface area contributed by atoms with Crippen LogP contribution in [0.15, 0.2) is 59.8 Å². The fourth-order valence-electron chi connectivity index (χ4n) is 4.27. The first kappa shape index (κ1) is 26.6. The van der Waals surface area contributed by atoms with Crippen molar-refractivity contribution in [3.63, 3.8) is 0 Å². The fourth-order valence-corrected chi connectivity index (χ4v) is 4.27. The highest BCUT2D eigenvalue weighted by atomic mass is 35.5. The lowest BCUT2D eigenvalue weighted by atomic mass is 9.91. The lowest BCUT2D eigenvalue weighted by Gasteiger charge is -2.15. The van der Waals surface area contributed by atoms with E-state index in [-0.39, 0.29) is 23.7 Å². The van der Waals surface area contributed by atoms with Crippen LogP contribution in [0, 0.1) is 11.3 Å². The lowest BCUT2D eigenvalue weighted by Crippen LogP contribution is -3.00. The van der Waals surface area contributed by atoms with Gasteiger partial charge in [0.1, 0.15) is 5.56 Å². The van der Waals surface area contributed by atoms with E-state index in [0.717, 1.165) is 6.07 Å². The first-order valence-electron chi connectivity index (χ1n) is 11.2. The predicted octanol–water partition coefficient (Wildman–Crippen LogP) is 1.16. The summed E-state index contributed by atoms with van der Waals surface area (Å²) in [5, 5.41) is 9.98. The van der Waals surface area contributed by atoms with Crippen LogP contribution in [0.1, 0.15) is 25.1 Å². The monoisotopic (exact) mass is 539 g/mol. The van der Waals surface area contributed by atoms with Gasteiger partial charge < -0.3 is 12.4 Å². The Balaban J connectivity index is 0.00000336. The average molecular weight is 540 g/mol. The summed E-state index contributed by atoms with van der Waals surface area (Å²) in [4.78, 5) is 24.6. The predicted molar refractivity (Wildman–Crippen MR) is 132 cm³/mol. The molecule has 8 nitrogen and oxygen atoms in total. The van der Waals surface area contributed by atoms with Crippen LogP contribution in [0.4, 0.5) is 19.0 Å². The number of aromatic nitrogens is 5. The number of nitrogens with zero attached hydrogens (tertiary/aromatic N) is 5. The van der Waals surface area contributed by atoms with Crippen LogP contribution in [0.5, 0.6) is 0 Å². The summed E-state index contributed by atoms with van der Waals surface area (Å²) >= 11 is 0. The van der Waals surface area contributed by atoms with Crippen LogP contribution >= 0.6 is 0 Å². The molecular weight excluding hydrogens is 519 g/mol. The van der Waals surface area contributed by atoms with Crippen LogP contribution in [0.3, 0.4) is 0 Å². The fraction of sp³-hybridized carbons (Fsp3) is 0.192. The number of nitrogen functional groups attached to an aromatic ring is 1. The van der Waals surface area contributed by atoms with Gasteiger partial charge in [-0.25, -0.2) is 9.78 Å². The number of imidazole rings is 1. The summed E-state index contributed by atoms with van der Waals surface area (Å²) in [6.45, 7) is 3.50. The summed E-state index contributed by atoms with van der Waals surface area (Å²) < 4.78 is 43.3. The molecule has 0 bridgehead atoms. The van der Waals surface area contributed by atoms with Crippen molar-refractivity contribution in [1.82, 2.24) is 19.1 Å². The number of hydrogen-bond donors (Lipinski definition) is 1. The van der Waals surface area contributed by atoms with E-state index < -0.39 is 23.0 Å². The van der Waals surface area contributed by atoms with Crippen LogP contribution in [0.2, 0.25) is 0 Å². The third-order valence-electron chi connectivity index (χ3n) is 6.42. The number of halogens is 4. The van der Waals surface area contributed by atoms with Crippen LogP contribution in [-0.2, 0) is 18.6 Å². The number of nitrogens with one attached hydrogen (secondary N) is 1. The Morgan fingerprint density at radius 1 is 1.05 bits per heavy atom. The van der Waals surface area contributed by atoms with Gasteiger partial charge in [-0.15, -0.1) is 0 Å². The van der Waals surface area contributed by atoms with Crippen molar-refractivity contribution in [3.05, 3.63) is 76.7 Å². The van der Waals surface area contributed by atoms with E-state index in [1.54, 1.807) is 57.4 Å². The molecule has 5 aromatic rings. The minimum atomic E-state index is -4.62. The molecule has 0 spiro atoms. The molecule has 0 aliphatic heterocycles. The van der Waals surface area contributed by atoms with E-state index in [1.165, 1.54) is 21.5 Å². The number of rotatable bonds is 3. The van der Waals surface area contributed by atoms with Crippen LogP contribution in [0.25, 0.3) is 38.8 Å². The minimum absolute atomic E-state index is 0. The standard InChI is InChI=1S/C26H20F3N7O.ClH/c1-25(2,13-30)21-7-5-16(11-33-21)36-22-17-8-14(15-9-18(26(27,28)29)23(31)34-10-15)4-6-19(17)32-12-20(22)35(3)24(36)37;/h4-12H,1-3H3,(H2,31,34);1H. The van der Waals surface area contributed by atoms with Crippen molar-refractivity contribution in [2.75, 3.05) is 5.73 Å². The quantitative estimate of drug-likeness (QED) is 0.369. The first-order chi connectivity index (χ1) is 17.4. The molecule has 12 heteroatoms. The number of pyridine rings is 3. The smallest absolute Gasteiger partial charge is 0.424 e. The topological polar surface area (TPSA) is 117 Å². The number of nitriles is 1. The van der Waals surface area contributed by atoms with E-state index in [4.69, 9.17) is 5.73 Å². The Bertz CT molecular complexity index is 1800. The highest BCUT2D eigenvalue weighted by Gasteiger charge is 2.36. The number of fused-ring (bicyclic) bond motifs is 3. The molecule has 0 saturated carbocycles. The van der Waals surface area contributed by atoms with Crippen LogP contribution < -0.4 is 28.8 Å². The number of anilines is 1.